The van der Waals surface area contributed by atoms with Crippen LogP contribution < -0.4 is 14.8 Å². The summed E-state index contributed by atoms with van der Waals surface area (Å²) in [6.45, 7) is 9.10. The molecular weight excluding hydrogens is 420 g/mol. The Bertz CT molecular complexity index is 1220. The first-order chi connectivity index (χ1) is 15.5. The average Bonchev–Trinajstić information content (AvgIpc) is 3.08. The third kappa shape index (κ3) is 4.81. The van der Waals surface area contributed by atoms with Crippen molar-refractivity contribution in [3.05, 3.63) is 70.1 Å². The molecule has 6 heteroatoms. The molecule has 0 bridgehead atoms. The highest BCUT2D eigenvalue weighted by Crippen LogP contribution is 2.36. The van der Waals surface area contributed by atoms with E-state index in [1.54, 1.807) is 0 Å². The molecular formula is C26H26N2O3S. The standard InChI is InChI=1S/C26H26N2O3S/c1-5-30-20-9-7-18-8-10-23(31-6-2)22(21(18)14-20)15-24-25(29)28-26(32-24)27-19-12-16(3)11-17(4)13-19/h7-15H,5-6H2,1-4H3,(H,27,28,29)/b24-15-. The van der Waals surface area contributed by atoms with Crippen LogP contribution in [0, 0.1) is 13.8 Å². The monoisotopic (exact) mass is 446 g/mol. The molecule has 1 aliphatic rings. The number of amidine groups is 1. The van der Waals surface area contributed by atoms with Crippen LogP contribution in [-0.2, 0) is 4.79 Å². The topological polar surface area (TPSA) is 59.9 Å². The average molecular weight is 447 g/mol. The molecule has 4 rings (SSSR count). The number of amides is 1. The molecule has 1 amide bonds. The summed E-state index contributed by atoms with van der Waals surface area (Å²) < 4.78 is 11.6. The second-order valence-electron chi connectivity index (χ2n) is 7.55. The first kappa shape index (κ1) is 22.0. The fourth-order valence-electron chi connectivity index (χ4n) is 3.73. The number of aliphatic imine (C=N–C) groups is 1. The van der Waals surface area contributed by atoms with E-state index < -0.39 is 0 Å². The Morgan fingerprint density at radius 1 is 0.969 bits per heavy atom. The SMILES string of the molecule is CCOc1ccc2ccc(OCC)c(/C=C3\SC(=Nc4cc(C)cc(C)c4)NC3=O)c2c1. The number of carbonyl (C=O) groups excluding carboxylic acids is 1. The molecule has 0 aliphatic carbocycles. The molecule has 1 N–H and O–H groups in total. The van der Waals surface area contributed by atoms with E-state index in [2.05, 4.69) is 16.4 Å². The third-order valence-corrected chi connectivity index (χ3v) is 5.88. The summed E-state index contributed by atoms with van der Waals surface area (Å²) in [4.78, 5) is 18.0. The fraction of sp³-hybridized carbons (Fsp3) is 0.231. The minimum atomic E-state index is -0.168. The van der Waals surface area contributed by atoms with Crippen LogP contribution in [0.3, 0.4) is 0 Å². The van der Waals surface area contributed by atoms with E-state index in [4.69, 9.17) is 9.47 Å². The highest BCUT2D eigenvalue weighted by molar-refractivity contribution is 8.18. The molecule has 1 heterocycles. The minimum Gasteiger partial charge on any atom is -0.494 e. The predicted octanol–water partition coefficient (Wildman–Crippen LogP) is 6.15. The van der Waals surface area contributed by atoms with Gasteiger partial charge in [0.2, 0.25) is 0 Å². The van der Waals surface area contributed by atoms with E-state index in [1.807, 2.05) is 76.2 Å². The summed E-state index contributed by atoms with van der Waals surface area (Å²) >= 11 is 1.33. The normalized spacial score (nSPS) is 16.1. The van der Waals surface area contributed by atoms with Crippen LogP contribution in [0.5, 0.6) is 11.5 Å². The van der Waals surface area contributed by atoms with Crippen LogP contribution >= 0.6 is 11.8 Å². The molecule has 0 atom stereocenters. The van der Waals surface area contributed by atoms with Crippen molar-refractivity contribution in [2.45, 2.75) is 27.7 Å². The van der Waals surface area contributed by atoms with E-state index in [9.17, 15) is 4.79 Å². The molecule has 0 spiro atoms. The summed E-state index contributed by atoms with van der Waals surface area (Å²) in [5, 5.41) is 5.48. The molecule has 3 aromatic rings. The number of carbonyl (C=O) groups is 1. The Morgan fingerprint density at radius 2 is 1.69 bits per heavy atom. The number of rotatable bonds is 6. The van der Waals surface area contributed by atoms with Crippen LogP contribution in [0.1, 0.15) is 30.5 Å². The Hall–Kier alpha value is -3.25. The van der Waals surface area contributed by atoms with Gasteiger partial charge < -0.3 is 14.8 Å². The Kier molecular flexibility index (Phi) is 6.51. The van der Waals surface area contributed by atoms with Crippen molar-refractivity contribution in [1.29, 1.82) is 0 Å². The van der Waals surface area contributed by atoms with E-state index in [-0.39, 0.29) is 5.91 Å². The summed E-state index contributed by atoms with van der Waals surface area (Å²) in [5.41, 5.74) is 3.96. The highest BCUT2D eigenvalue weighted by atomic mass is 32.2. The molecule has 1 fully saturated rings. The van der Waals surface area contributed by atoms with Gasteiger partial charge in [-0.15, -0.1) is 0 Å². The van der Waals surface area contributed by atoms with Crippen LogP contribution in [0.15, 0.2) is 58.4 Å². The molecule has 1 saturated heterocycles. The number of nitrogens with one attached hydrogen (secondary N) is 1. The zero-order valence-electron chi connectivity index (χ0n) is 18.7. The van der Waals surface area contributed by atoms with E-state index in [0.717, 1.165) is 44.6 Å². The zero-order chi connectivity index (χ0) is 22.7. The number of hydrogen-bond donors (Lipinski definition) is 1. The van der Waals surface area contributed by atoms with Gasteiger partial charge in [0, 0.05) is 5.56 Å². The molecule has 32 heavy (non-hydrogen) atoms. The van der Waals surface area contributed by atoms with Crippen molar-refractivity contribution in [3.8, 4) is 11.5 Å². The van der Waals surface area contributed by atoms with Crippen LogP contribution in [-0.4, -0.2) is 24.3 Å². The van der Waals surface area contributed by atoms with Gasteiger partial charge in [0.15, 0.2) is 5.17 Å². The van der Waals surface area contributed by atoms with Gasteiger partial charge in [-0.05, 0) is 97.8 Å². The smallest absolute Gasteiger partial charge is 0.264 e. The van der Waals surface area contributed by atoms with E-state index in [0.29, 0.717) is 23.3 Å². The van der Waals surface area contributed by atoms with Crippen LogP contribution in [0.4, 0.5) is 5.69 Å². The fourth-order valence-corrected chi connectivity index (χ4v) is 4.56. The summed E-state index contributed by atoms with van der Waals surface area (Å²) in [6, 6.07) is 16.0. The lowest BCUT2D eigenvalue weighted by Crippen LogP contribution is -2.19. The van der Waals surface area contributed by atoms with Gasteiger partial charge in [-0.3, -0.25) is 4.79 Å². The van der Waals surface area contributed by atoms with Crippen molar-refractivity contribution in [2.75, 3.05) is 13.2 Å². The molecule has 5 nitrogen and oxygen atoms in total. The maximum Gasteiger partial charge on any atom is 0.264 e. The number of thioether (sulfide) groups is 1. The lowest BCUT2D eigenvalue weighted by molar-refractivity contribution is -0.115. The van der Waals surface area contributed by atoms with Crippen LogP contribution in [0.2, 0.25) is 0 Å². The summed E-state index contributed by atoms with van der Waals surface area (Å²) in [7, 11) is 0. The first-order valence-electron chi connectivity index (χ1n) is 10.7. The number of ether oxygens (including phenoxy) is 2. The number of aryl methyl sites for hydroxylation is 2. The molecule has 3 aromatic carbocycles. The number of fused-ring (bicyclic) bond motifs is 1. The van der Waals surface area contributed by atoms with Gasteiger partial charge in [0.05, 0.1) is 23.8 Å². The van der Waals surface area contributed by atoms with Crippen molar-refractivity contribution in [3.63, 3.8) is 0 Å². The summed E-state index contributed by atoms with van der Waals surface area (Å²) in [5.74, 6) is 1.35. The van der Waals surface area contributed by atoms with Gasteiger partial charge >= 0.3 is 0 Å². The Morgan fingerprint density at radius 3 is 2.41 bits per heavy atom. The van der Waals surface area contributed by atoms with Gasteiger partial charge in [0.25, 0.3) is 5.91 Å². The van der Waals surface area contributed by atoms with Gasteiger partial charge in [-0.2, -0.15) is 0 Å². The highest BCUT2D eigenvalue weighted by Gasteiger charge is 2.25. The van der Waals surface area contributed by atoms with Gasteiger partial charge in [-0.25, -0.2) is 4.99 Å². The maximum atomic E-state index is 12.7. The van der Waals surface area contributed by atoms with E-state index in [1.165, 1.54) is 11.8 Å². The Labute approximate surface area is 192 Å². The van der Waals surface area contributed by atoms with Gasteiger partial charge in [-0.1, -0.05) is 18.2 Å². The van der Waals surface area contributed by atoms with Crippen molar-refractivity contribution in [1.82, 2.24) is 5.32 Å². The van der Waals surface area contributed by atoms with Gasteiger partial charge in [0.1, 0.15) is 11.5 Å². The molecule has 164 valence electrons. The van der Waals surface area contributed by atoms with Crippen LogP contribution in [0.25, 0.3) is 16.8 Å². The third-order valence-electron chi connectivity index (χ3n) is 4.97. The van der Waals surface area contributed by atoms with Crippen molar-refractivity contribution < 1.29 is 14.3 Å². The largest absolute Gasteiger partial charge is 0.494 e. The molecule has 0 unspecified atom stereocenters. The second kappa shape index (κ2) is 9.49. The minimum absolute atomic E-state index is 0.168. The number of hydrogen-bond acceptors (Lipinski definition) is 5. The first-order valence-corrected chi connectivity index (χ1v) is 11.5. The van der Waals surface area contributed by atoms with Crippen molar-refractivity contribution in [2.24, 2.45) is 4.99 Å². The molecule has 1 aliphatic heterocycles. The van der Waals surface area contributed by atoms with Crippen molar-refractivity contribution >= 4 is 45.4 Å². The number of benzene rings is 3. The second-order valence-corrected chi connectivity index (χ2v) is 8.58. The zero-order valence-corrected chi connectivity index (χ0v) is 19.5. The maximum absolute atomic E-state index is 12.7. The Balaban J connectivity index is 1.75. The summed E-state index contributed by atoms with van der Waals surface area (Å²) in [6.07, 6.45) is 1.88. The quantitative estimate of drug-likeness (QED) is 0.462. The lowest BCUT2D eigenvalue weighted by Gasteiger charge is -2.12. The number of nitrogens with zero attached hydrogens (tertiary/aromatic N) is 1. The predicted molar refractivity (Wildman–Crippen MR) is 133 cm³/mol. The lowest BCUT2D eigenvalue weighted by atomic mass is 10.0. The van der Waals surface area contributed by atoms with E-state index >= 15 is 0 Å². The molecule has 0 aromatic heterocycles. The molecule has 0 radical (unpaired) electrons. The molecule has 0 saturated carbocycles.